The van der Waals surface area contributed by atoms with Crippen LogP contribution in [0, 0.1) is 11.3 Å². The van der Waals surface area contributed by atoms with Crippen LogP contribution in [0.1, 0.15) is 33.1 Å². The number of nitrogens with one attached hydrogen (secondary N) is 2. The van der Waals surface area contributed by atoms with Crippen LogP contribution < -0.4 is 10.6 Å². The Morgan fingerprint density at radius 3 is 2.54 bits per heavy atom. The van der Waals surface area contributed by atoms with Gasteiger partial charge < -0.3 is 10.6 Å². The van der Waals surface area contributed by atoms with Gasteiger partial charge in [-0.25, -0.2) is 0 Å². The molecule has 0 aliphatic carbocycles. The molecule has 0 aromatic rings. The molecule has 2 N–H and O–H groups in total. The van der Waals surface area contributed by atoms with Crippen LogP contribution in [0.5, 0.6) is 0 Å². The Hall–Kier alpha value is -0.0800. The van der Waals surface area contributed by atoms with Gasteiger partial charge >= 0.3 is 0 Å². The smallest absolute Gasteiger partial charge is 0.00436 e. The molecule has 1 aliphatic rings. The summed E-state index contributed by atoms with van der Waals surface area (Å²) in [6, 6.07) is 0. The highest BCUT2D eigenvalue weighted by Crippen LogP contribution is 2.37. The predicted molar refractivity (Wildman–Crippen MR) is 57.9 cm³/mol. The predicted octanol–water partition coefficient (Wildman–Crippen LogP) is 1.62. The monoisotopic (exact) mass is 184 g/mol. The summed E-state index contributed by atoms with van der Waals surface area (Å²) in [6.07, 6.45) is 4.00. The molecule has 1 aliphatic heterocycles. The van der Waals surface area contributed by atoms with Gasteiger partial charge in [0.25, 0.3) is 0 Å². The highest BCUT2D eigenvalue weighted by Gasteiger charge is 2.31. The highest BCUT2D eigenvalue weighted by molar-refractivity contribution is 4.85. The van der Waals surface area contributed by atoms with Crippen LogP contribution in [0.3, 0.4) is 0 Å². The molecular weight excluding hydrogens is 160 g/mol. The summed E-state index contributed by atoms with van der Waals surface area (Å²) in [5.74, 6) is 0.849. The molecule has 0 aromatic heterocycles. The van der Waals surface area contributed by atoms with E-state index in [1.165, 1.54) is 32.4 Å². The zero-order valence-electron chi connectivity index (χ0n) is 9.32. The molecule has 1 unspecified atom stereocenters. The SMILES string of the molecule is CNCCC(C)C1(C)CCNCC1. The fourth-order valence-corrected chi connectivity index (χ4v) is 2.20. The summed E-state index contributed by atoms with van der Waals surface area (Å²) in [7, 11) is 2.04. The lowest BCUT2D eigenvalue weighted by Gasteiger charge is -2.39. The fourth-order valence-electron chi connectivity index (χ4n) is 2.20. The Labute approximate surface area is 82.5 Å². The molecule has 1 fully saturated rings. The van der Waals surface area contributed by atoms with Gasteiger partial charge in [-0.05, 0) is 57.3 Å². The minimum absolute atomic E-state index is 0.585. The maximum absolute atomic E-state index is 3.44. The lowest BCUT2D eigenvalue weighted by molar-refractivity contribution is 0.134. The Morgan fingerprint density at radius 2 is 2.00 bits per heavy atom. The average molecular weight is 184 g/mol. The Balaban J connectivity index is 2.37. The van der Waals surface area contributed by atoms with Crippen LogP contribution >= 0.6 is 0 Å². The first-order valence-electron chi connectivity index (χ1n) is 5.54. The summed E-state index contributed by atoms with van der Waals surface area (Å²) >= 11 is 0. The van der Waals surface area contributed by atoms with E-state index >= 15 is 0 Å². The molecule has 1 rings (SSSR count). The van der Waals surface area contributed by atoms with Gasteiger partial charge in [0.05, 0.1) is 0 Å². The lowest BCUT2D eigenvalue weighted by atomic mass is 9.70. The first-order valence-corrected chi connectivity index (χ1v) is 5.54. The van der Waals surface area contributed by atoms with Gasteiger partial charge in [0, 0.05) is 0 Å². The molecule has 2 heteroatoms. The van der Waals surface area contributed by atoms with Crippen LogP contribution in [0.2, 0.25) is 0 Å². The Morgan fingerprint density at radius 1 is 1.38 bits per heavy atom. The summed E-state index contributed by atoms with van der Waals surface area (Å²) in [5, 5.41) is 6.67. The van der Waals surface area contributed by atoms with Crippen molar-refractivity contribution in [1.82, 2.24) is 10.6 Å². The van der Waals surface area contributed by atoms with Gasteiger partial charge in [0.2, 0.25) is 0 Å². The summed E-state index contributed by atoms with van der Waals surface area (Å²) in [4.78, 5) is 0. The molecule has 0 spiro atoms. The van der Waals surface area contributed by atoms with Gasteiger partial charge in [-0.1, -0.05) is 13.8 Å². The van der Waals surface area contributed by atoms with Crippen molar-refractivity contribution in [3.05, 3.63) is 0 Å². The molecule has 0 amide bonds. The third-order valence-electron chi connectivity index (χ3n) is 3.76. The largest absolute Gasteiger partial charge is 0.320 e. The third kappa shape index (κ3) is 2.96. The maximum Gasteiger partial charge on any atom is -0.00436 e. The topological polar surface area (TPSA) is 24.1 Å². The van der Waals surface area contributed by atoms with E-state index in [9.17, 15) is 0 Å². The second-order valence-corrected chi connectivity index (χ2v) is 4.70. The fraction of sp³-hybridized carbons (Fsp3) is 1.00. The summed E-state index contributed by atoms with van der Waals surface area (Å²) in [6.45, 7) is 8.43. The highest BCUT2D eigenvalue weighted by atomic mass is 14.9. The average Bonchev–Trinajstić information content (AvgIpc) is 2.15. The Bertz CT molecular complexity index is 139. The van der Waals surface area contributed by atoms with Crippen molar-refractivity contribution in [3.8, 4) is 0 Å². The number of hydrogen-bond donors (Lipinski definition) is 2. The molecule has 78 valence electrons. The first-order chi connectivity index (χ1) is 6.19. The van der Waals surface area contributed by atoms with Gasteiger partial charge in [-0.15, -0.1) is 0 Å². The van der Waals surface area contributed by atoms with Crippen LogP contribution in [-0.4, -0.2) is 26.7 Å². The van der Waals surface area contributed by atoms with Crippen molar-refractivity contribution < 1.29 is 0 Å². The summed E-state index contributed by atoms with van der Waals surface area (Å²) in [5.41, 5.74) is 0.585. The van der Waals surface area contributed by atoms with E-state index in [4.69, 9.17) is 0 Å². The van der Waals surface area contributed by atoms with Gasteiger partial charge in [-0.3, -0.25) is 0 Å². The van der Waals surface area contributed by atoms with Gasteiger partial charge in [-0.2, -0.15) is 0 Å². The third-order valence-corrected chi connectivity index (χ3v) is 3.76. The van der Waals surface area contributed by atoms with Crippen LogP contribution in [0.25, 0.3) is 0 Å². The summed E-state index contributed by atoms with van der Waals surface area (Å²) < 4.78 is 0. The minimum atomic E-state index is 0.585. The molecule has 0 bridgehead atoms. The van der Waals surface area contributed by atoms with Crippen LogP contribution in [0.15, 0.2) is 0 Å². The second kappa shape index (κ2) is 4.97. The molecular formula is C11H24N2. The molecule has 0 aromatic carbocycles. The van der Waals surface area contributed by atoms with Crippen molar-refractivity contribution in [3.63, 3.8) is 0 Å². The van der Waals surface area contributed by atoms with E-state index < -0.39 is 0 Å². The van der Waals surface area contributed by atoms with E-state index in [2.05, 4.69) is 24.5 Å². The molecule has 1 heterocycles. The number of rotatable bonds is 4. The molecule has 13 heavy (non-hydrogen) atoms. The van der Waals surface area contributed by atoms with Crippen LogP contribution in [-0.2, 0) is 0 Å². The minimum Gasteiger partial charge on any atom is -0.320 e. The Kier molecular flexibility index (Phi) is 4.20. The molecule has 0 radical (unpaired) electrons. The number of piperidine rings is 1. The van der Waals surface area contributed by atoms with Crippen LogP contribution in [0.4, 0.5) is 0 Å². The molecule has 0 saturated carbocycles. The second-order valence-electron chi connectivity index (χ2n) is 4.70. The quantitative estimate of drug-likeness (QED) is 0.694. The molecule has 2 nitrogen and oxygen atoms in total. The van der Waals surface area contributed by atoms with E-state index in [-0.39, 0.29) is 0 Å². The zero-order chi connectivity index (χ0) is 9.73. The van der Waals surface area contributed by atoms with Crippen molar-refractivity contribution in [2.45, 2.75) is 33.1 Å². The van der Waals surface area contributed by atoms with E-state index in [1.54, 1.807) is 0 Å². The van der Waals surface area contributed by atoms with Crippen molar-refractivity contribution >= 4 is 0 Å². The van der Waals surface area contributed by atoms with Gasteiger partial charge in [0.1, 0.15) is 0 Å². The van der Waals surface area contributed by atoms with Crippen molar-refractivity contribution in [2.75, 3.05) is 26.7 Å². The first kappa shape index (κ1) is 11.0. The maximum atomic E-state index is 3.44. The zero-order valence-corrected chi connectivity index (χ0v) is 9.32. The van der Waals surface area contributed by atoms with Crippen molar-refractivity contribution in [1.29, 1.82) is 0 Å². The van der Waals surface area contributed by atoms with E-state index in [0.717, 1.165) is 12.5 Å². The normalized spacial score (nSPS) is 24.2. The number of hydrogen-bond acceptors (Lipinski definition) is 2. The van der Waals surface area contributed by atoms with E-state index in [0.29, 0.717) is 5.41 Å². The molecule has 1 saturated heterocycles. The lowest BCUT2D eigenvalue weighted by Crippen LogP contribution is -2.39. The standard InChI is InChI=1S/C11H24N2/c1-10(4-7-12-3)11(2)5-8-13-9-6-11/h10,12-13H,4-9H2,1-3H3. The van der Waals surface area contributed by atoms with Crippen molar-refractivity contribution in [2.24, 2.45) is 11.3 Å². The van der Waals surface area contributed by atoms with E-state index in [1.807, 2.05) is 7.05 Å². The van der Waals surface area contributed by atoms with Gasteiger partial charge in [0.15, 0.2) is 0 Å². The molecule has 1 atom stereocenters.